The van der Waals surface area contributed by atoms with Crippen LogP contribution in [0.25, 0.3) is 0 Å². The lowest BCUT2D eigenvalue weighted by Crippen LogP contribution is -2.21. The number of carbonyl (C=O) groups excluding carboxylic acids is 1. The molecule has 1 aliphatic rings. The van der Waals surface area contributed by atoms with Gasteiger partial charge in [0.15, 0.2) is 0 Å². The van der Waals surface area contributed by atoms with Crippen molar-refractivity contribution in [2.24, 2.45) is 0 Å². The Morgan fingerprint density at radius 1 is 1.29 bits per heavy atom. The second kappa shape index (κ2) is 7.83. The molecule has 0 saturated heterocycles. The molecule has 0 saturated carbocycles. The van der Waals surface area contributed by atoms with Crippen molar-refractivity contribution < 1.29 is 22.7 Å². The Morgan fingerprint density at radius 3 is 2.58 bits per heavy atom. The van der Waals surface area contributed by atoms with Gasteiger partial charge in [0.2, 0.25) is 9.84 Å². The van der Waals surface area contributed by atoms with Crippen LogP contribution < -0.4 is 0 Å². The molecule has 0 amide bonds. The Labute approximate surface area is 143 Å². The third kappa shape index (κ3) is 4.38. The number of sulfone groups is 1. The summed E-state index contributed by atoms with van der Waals surface area (Å²) in [5.41, 5.74) is 0.999. The van der Waals surface area contributed by atoms with E-state index in [1.807, 2.05) is 13.8 Å². The topological polar surface area (TPSA) is 69.7 Å². The lowest BCUT2D eigenvalue weighted by molar-refractivity contribution is -0.143. The summed E-state index contributed by atoms with van der Waals surface area (Å²) >= 11 is 0. The molecule has 1 aromatic rings. The predicted molar refractivity (Wildman–Crippen MR) is 91.0 cm³/mol. The molecule has 1 aliphatic heterocycles. The van der Waals surface area contributed by atoms with E-state index in [9.17, 15) is 13.2 Å². The molecule has 1 heterocycles. The van der Waals surface area contributed by atoms with Gasteiger partial charge in [-0.1, -0.05) is 17.7 Å². The first-order chi connectivity index (χ1) is 11.3. The van der Waals surface area contributed by atoms with E-state index in [1.165, 1.54) is 0 Å². The summed E-state index contributed by atoms with van der Waals surface area (Å²) in [5, 5.41) is 0. The van der Waals surface area contributed by atoms with Crippen molar-refractivity contribution in [3.05, 3.63) is 40.5 Å². The molecule has 132 valence electrons. The quantitative estimate of drug-likeness (QED) is 0.733. The van der Waals surface area contributed by atoms with Crippen LogP contribution in [0, 0.1) is 6.92 Å². The Bertz CT molecular complexity index is 716. The van der Waals surface area contributed by atoms with Crippen molar-refractivity contribution in [2.75, 3.05) is 6.61 Å². The second-order valence-electron chi connectivity index (χ2n) is 5.94. The van der Waals surface area contributed by atoms with Crippen LogP contribution in [0.3, 0.4) is 0 Å². The summed E-state index contributed by atoms with van der Waals surface area (Å²) in [6.07, 6.45) is 1.37. The first kappa shape index (κ1) is 18.5. The highest BCUT2D eigenvalue weighted by atomic mass is 32.2. The van der Waals surface area contributed by atoms with Gasteiger partial charge in [0.1, 0.15) is 5.76 Å². The van der Waals surface area contributed by atoms with Gasteiger partial charge in [-0.3, -0.25) is 4.79 Å². The van der Waals surface area contributed by atoms with Crippen LogP contribution in [0.5, 0.6) is 0 Å². The van der Waals surface area contributed by atoms with Crippen molar-refractivity contribution in [3.63, 3.8) is 0 Å². The van der Waals surface area contributed by atoms with Gasteiger partial charge in [-0.2, -0.15) is 0 Å². The zero-order valence-electron chi connectivity index (χ0n) is 14.4. The van der Waals surface area contributed by atoms with Gasteiger partial charge >= 0.3 is 5.97 Å². The summed E-state index contributed by atoms with van der Waals surface area (Å²) in [4.78, 5) is 12.1. The normalized spacial score (nSPS) is 18.2. The molecular formula is C18H24O5S. The van der Waals surface area contributed by atoms with Gasteiger partial charge in [-0.25, -0.2) is 8.42 Å². The van der Waals surface area contributed by atoms with Crippen molar-refractivity contribution >= 4 is 15.8 Å². The summed E-state index contributed by atoms with van der Waals surface area (Å²) in [7, 11) is -3.61. The number of hydrogen-bond acceptors (Lipinski definition) is 5. The lowest BCUT2D eigenvalue weighted by atomic mass is 10.1. The Morgan fingerprint density at radius 2 is 1.96 bits per heavy atom. The van der Waals surface area contributed by atoms with E-state index in [4.69, 9.17) is 9.47 Å². The molecular weight excluding hydrogens is 328 g/mol. The number of ether oxygens (including phenoxy) is 2. The van der Waals surface area contributed by atoms with E-state index in [-0.39, 0.29) is 34.7 Å². The van der Waals surface area contributed by atoms with Crippen LogP contribution in [-0.4, -0.2) is 27.1 Å². The van der Waals surface area contributed by atoms with Gasteiger partial charge < -0.3 is 9.47 Å². The van der Waals surface area contributed by atoms with Crippen LogP contribution in [0.15, 0.2) is 39.8 Å². The smallest absolute Gasteiger partial charge is 0.306 e. The Balaban J connectivity index is 2.31. The zero-order valence-corrected chi connectivity index (χ0v) is 15.2. The summed E-state index contributed by atoms with van der Waals surface area (Å²) < 4.78 is 36.5. The van der Waals surface area contributed by atoms with E-state index >= 15 is 0 Å². The van der Waals surface area contributed by atoms with E-state index in [0.29, 0.717) is 25.2 Å². The van der Waals surface area contributed by atoms with Crippen molar-refractivity contribution in [3.8, 4) is 0 Å². The maximum absolute atomic E-state index is 12.9. The van der Waals surface area contributed by atoms with Crippen LogP contribution in [0.1, 0.15) is 45.1 Å². The molecule has 0 aliphatic carbocycles. The molecule has 0 aromatic heterocycles. The van der Waals surface area contributed by atoms with Crippen molar-refractivity contribution in [1.82, 2.24) is 0 Å². The van der Waals surface area contributed by atoms with Gasteiger partial charge in [-0.15, -0.1) is 0 Å². The third-order valence-electron chi connectivity index (χ3n) is 3.95. The predicted octanol–water partition coefficient (Wildman–Crippen LogP) is 3.52. The van der Waals surface area contributed by atoms with Crippen molar-refractivity contribution in [1.29, 1.82) is 0 Å². The monoisotopic (exact) mass is 352 g/mol. The van der Waals surface area contributed by atoms with Crippen LogP contribution in [0.2, 0.25) is 0 Å². The number of aryl methyl sites for hydroxylation is 1. The molecule has 0 unspecified atom stereocenters. The van der Waals surface area contributed by atoms with E-state index < -0.39 is 9.84 Å². The summed E-state index contributed by atoms with van der Waals surface area (Å²) in [6, 6.07) is 6.77. The number of carbonyl (C=O) groups is 1. The number of rotatable bonds is 6. The maximum Gasteiger partial charge on any atom is 0.306 e. The minimum Gasteiger partial charge on any atom is -0.494 e. The minimum absolute atomic E-state index is 0.0563. The van der Waals surface area contributed by atoms with Gasteiger partial charge in [0.25, 0.3) is 0 Å². The molecule has 5 nitrogen and oxygen atoms in total. The highest BCUT2D eigenvalue weighted by Gasteiger charge is 2.30. The molecule has 2 rings (SSSR count). The van der Waals surface area contributed by atoms with Crippen LogP contribution in [0.4, 0.5) is 0 Å². The Hall–Kier alpha value is -1.82. The average Bonchev–Trinajstić information content (AvgIpc) is 2.53. The highest BCUT2D eigenvalue weighted by molar-refractivity contribution is 7.95. The average molecular weight is 352 g/mol. The second-order valence-corrected chi connectivity index (χ2v) is 7.91. The highest BCUT2D eigenvalue weighted by Crippen LogP contribution is 2.34. The van der Waals surface area contributed by atoms with E-state index in [1.54, 1.807) is 31.2 Å². The lowest BCUT2D eigenvalue weighted by Gasteiger charge is -2.26. The van der Waals surface area contributed by atoms with Gasteiger partial charge in [0.05, 0.1) is 28.9 Å². The molecule has 24 heavy (non-hydrogen) atoms. The minimum atomic E-state index is -3.61. The van der Waals surface area contributed by atoms with E-state index in [2.05, 4.69) is 0 Å². The SMILES string of the molecule is CCOC(=O)CCC1=C(S(=O)(=O)c2ccc(C)cc2)CC[C@H](C)O1. The fourth-order valence-corrected chi connectivity index (χ4v) is 4.25. The molecule has 1 atom stereocenters. The molecule has 1 aromatic carbocycles. The number of benzene rings is 1. The number of hydrogen-bond donors (Lipinski definition) is 0. The first-order valence-corrected chi connectivity index (χ1v) is 9.69. The van der Waals surface area contributed by atoms with Gasteiger partial charge in [-0.05, 0) is 45.7 Å². The molecule has 0 bridgehead atoms. The standard InChI is InChI=1S/C18H24O5S/c1-4-22-18(19)12-10-16-17(11-7-14(3)23-16)24(20,21)15-8-5-13(2)6-9-15/h5-6,8-9,14H,4,7,10-12H2,1-3H3/t14-/m0/s1. The van der Waals surface area contributed by atoms with E-state index in [0.717, 1.165) is 5.56 Å². The largest absolute Gasteiger partial charge is 0.494 e. The molecule has 0 N–H and O–H groups in total. The van der Waals surface area contributed by atoms with Crippen LogP contribution >= 0.6 is 0 Å². The van der Waals surface area contributed by atoms with Gasteiger partial charge in [0, 0.05) is 6.42 Å². The Kier molecular flexibility index (Phi) is 6.04. The number of allylic oxidation sites excluding steroid dienone is 2. The maximum atomic E-state index is 12.9. The fraction of sp³-hybridized carbons (Fsp3) is 0.500. The molecule has 6 heteroatoms. The fourth-order valence-electron chi connectivity index (χ4n) is 2.63. The molecule has 0 radical (unpaired) electrons. The van der Waals surface area contributed by atoms with Crippen LogP contribution in [-0.2, 0) is 24.1 Å². The molecule has 0 fully saturated rings. The zero-order chi connectivity index (χ0) is 17.7. The third-order valence-corrected chi connectivity index (χ3v) is 5.92. The number of esters is 1. The molecule has 0 spiro atoms. The summed E-state index contributed by atoms with van der Waals surface area (Å²) in [5.74, 6) is 0.0429. The van der Waals surface area contributed by atoms with Crippen molar-refractivity contribution in [2.45, 2.75) is 57.5 Å². The first-order valence-electron chi connectivity index (χ1n) is 8.20. The summed E-state index contributed by atoms with van der Waals surface area (Å²) in [6.45, 7) is 5.86.